The molecule has 0 spiro atoms. The average Bonchev–Trinajstić information content (AvgIpc) is 3.21. The van der Waals surface area contributed by atoms with Crippen molar-refractivity contribution in [3.05, 3.63) is 29.1 Å². The smallest absolute Gasteiger partial charge is 0.411 e. The zero-order chi connectivity index (χ0) is 20.7. The van der Waals surface area contributed by atoms with Crippen LogP contribution in [-0.2, 0) is 4.74 Å². The second kappa shape index (κ2) is 5.53. The van der Waals surface area contributed by atoms with Crippen LogP contribution in [-0.4, -0.2) is 27.1 Å². The van der Waals surface area contributed by atoms with E-state index in [1.807, 2.05) is 5.38 Å². The summed E-state index contributed by atoms with van der Waals surface area (Å²) >= 11 is 1.41. The third kappa shape index (κ3) is 3.03. The highest BCUT2D eigenvalue weighted by Gasteiger charge is 2.09. The normalized spacial score (nSPS) is 17.6. The van der Waals surface area contributed by atoms with E-state index >= 15 is 0 Å². The van der Waals surface area contributed by atoms with Gasteiger partial charge in [0.1, 0.15) is 5.69 Å². The summed E-state index contributed by atoms with van der Waals surface area (Å²) in [6, 6.07) is 4.58. The van der Waals surface area contributed by atoms with E-state index in [0.717, 1.165) is 0 Å². The van der Waals surface area contributed by atoms with Crippen molar-refractivity contribution in [1.82, 2.24) is 15.0 Å². The molecule has 2 N–H and O–H groups in total. The Hall–Kier alpha value is -2.41. The molecular weight excluding hydrogens is 288 g/mol. The molecule has 21 heavy (non-hydrogen) atoms. The second-order valence-electron chi connectivity index (χ2n) is 4.03. The lowest BCUT2D eigenvalue weighted by Crippen LogP contribution is -2.17. The van der Waals surface area contributed by atoms with Gasteiger partial charge in [0, 0.05) is 19.3 Å². The largest absolute Gasteiger partial charge is 0.447 e. The Kier molecular flexibility index (Phi) is 1.99. The fraction of sp³-hybridized carbons (Fsp3) is 0.214. The zero-order valence-electron chi connectivity index (χ0n) is 17.5. The molecular formula is C14H14N4O2S. The summed E-state index contributed by atoms with van der Waals surface area (Å²) < 4.78 is 55.7. The summed E-state index contributed by atoms with van der Waals surface area (Å²) in [6.45, 7) is -6.74. The highest BCUT2D eigenvalue weighted by molar-refractivity contribution is 7.07. The maximum atomic E-state index is 12.1. The Morgan fingerprint density at radius 3 is 3.24 bits per heavy atom. The molecule has 0 saturated heterocycles. The summed E-state index contributed by atoms with van der Waals surface area (Å²) in [4.78, 5) is 23.6. The van der Waals surface area contributed by atoms with Crippen molar-refractivity contribution in [3.63, 3.8) is 0 Å². The van der Waals surface area contributed by atoms with Crippen molar-refractivity contribution in [1.29, 1.82) is 0 Å². The molecule has 0 fully saturated rings. The Morgan fingerprint density at radius 2 is 2.48 bits per heavy atom. The van der Waals surface area contributed by atoms with Gasteiger partial charge in [-0.2, -0.15) is 0 Å². The maximum Gasteiger partial charge on any atom is 0.411 e. The number of nitrogens with zero attached hydrogens (tertiary/aromatic N) is 2. The van der Waals surface area contributed by atoms with E-state index in [9.17, 15) is 4.79 Å². The van der Waals surface area contributed by atoms with Gasteiger partial charge in [-0.05, 0) is 31.9 Å². The van der Waals surface area contributed by atoms with E-state index in [1.54, 1.807) is 11.6 Å². The highest BCUT2D eigenvalue weighted by atomic mass is 32.1. The van der Waals surface area contributed by atoms with Gasteiger partial charge in [-0.1, -0.05) is 0 Å². The van der Waals surface area contributed by atoms with Crippen LogP contribution in [0.5, 0.6) is 0 Å². The fourth-order valence-electron chi connectivity index (χ4n) is 1.77. The van der Waals surface area contributed by atoms with Gasteiger partial charge in [0.05, 0.1) is 24.0 Å². The molecule has 6 nitrogen and oxygen atoms in total. The third-order valence-corrected chi connectivity index (χ3v) is 3.18. The van der Waals surface area contributed by atoms with Crippen molar-refractivity contribution in [2.75, 3.05) is 5.32 Å². The molecule has 7 heteroatoms. The van der Waals surface area contributed by atoms with Gasteiger partial charge in [0.25, 0.3) is 0 Å². The Bertz CT molecular complexity index is 983. The summed E-state index contributed by atoms with van der Waals surface area (Å²) in [7, 11) is 0. The summed E-state index contributed by atoms with van der Waals surface area (Å²) in [5.74, 6) is 0.533. The van der Waals surface area contributed by atoms with Crippen molar-refractivity contribution in [3.8, 4) is 11.5 Å². The van der Waals surface area contributed by atoms with Crippen LogP contribution in [0.4, 0.5) is 10.5 Å². The molecule has 3 rings (SSSR count). The van der Waals surface area contributed by atoms with Crippen LogP contribution >= 0.6 is 11.3 Å². The van der Waals surface area contributed by atoms with Crippen LogP contribution in [0.15, 0.2) is 29.1 Å². The van der Waals surface area contributed by atoms with E-state index in [2.05, 4.69) is 25.0 Å². The number of aromatic amines is 1. The summed E-state index contributed by atoms with van der Waals surface area (Å²) in [5, 5.41) is 4.05. The standard InChI is InChI=1S/C14H14N4O2S/c1-8(2)20-14(19)16-9-3-4-10-11(5-9)18-13(17-10)12-6-21-7-15-12/h3-8H,1-2H3,(H,16,19)(H,17,18)/i1D3,2D3,8D. The number of hydrogen-bond donors (Lipinski definition) is 2. The average molecular weight is 309 g/mol. The first-order valence-electron chi connectivity index (χ1n) is 9.29. The number of aromatic nitrogens is 3. The van der Waals surface area contributed by atoms with Crippen molar-refractivity contribution in [2.24, 2.45) is 0 Å². The molecule has 1 amide bonds. The van der Waals surface area contributed by atoms with Crippen LogP contribution in [0.2, 0.25) is 0 Å². The van der Waals surface area contributed by atoms with E-state index in [4.69, 9.17) is 9.60 Å². The quantitative estimate of drug-likeness (QED) is 0.774. The van der Waals surface area contributed by atoms with Gasteiger partial charge >= 0.3 is 6.09 Å². The molecule has 0 atom stereocenters. The van der Waals surface area contributed by atoms with Crippen LogP contribution in [0.1, 0.15) is 23.3 Å². The number of benzene rings is 1. The topological polar surface area (TPSA) is 79.9 Å². The minimum Gasteiger partial charge on any atom is -0.447 e. The lowest BCUT2D eigenvalue weighted by Gasteiger charge is -2.09. The van der Waals surface area contributed by atoms with Crippen LogP contribution in [0.3, 0.4) is 0 Å². The highest BCUT2D eigenvalue weighted by Crippen LogP contribution is 2.22. The van der Waals surface area contributed by atoms with Crippen molar-refractivity contribution < 1.29 is 19.1 Å². The van der Waals surface area contributed by atoms with E-state index in [0.29, 0.717) is 22.6 Å². The first-order valence-corrected chi connectivity index (χ1v) is 6.73. The third-order valence-electron chi connectivity index (χ3n) is 2.60. The van der Waals surface area contributed by atoms with Gasteiger partial charge in [-0.25, -0.2) is 14.8 Å². The van der Waals surface area contributed by atoms with E-state index in [-0.39, 0.29) is 5.69 Å². The molecule has 0 aliphatic heterocycles. The van der Waals surface area contributed by atoms with Crippen molar-refractivity contribution in [2.45, 2.75) is 19.8 Å². The number of thiazole rings is 1. The molecule has 0 radical (unpaired) electrons. The lowest BCUT2D eigenvalue weighted by molar-refractivity contribution is 0.130. The second-order valence-corrected chi connectivity index (χ2v) is 4.75. The molecule has 0 unspecified atom stereocenters. The van der Waals surface area contributed by atoms with Crippen molar-refractivity contribution >= 4 is 34.2 Å². The number of carbonyl (C=O) groups excluding carboxylic acids is 1. The number of nitrogens with one attached hydrogen (secondary N) is 2. The molecule has 0 aliphatic carbocycles. The Labute approximate surface area is 135 Å². The number of amides is 1. The number of fused-ring (bicyclic) bond motifs is 1. The Balaban J connectivity index is 1.81. The predicted molar refractivity (Wildman–Crippen MR) is 82.4 cm³/mol. The number of H-pyrrole nitrogens is 1. The monoisotopic (exact) mass is 309 g/mol. The first kappa shape index (κ1) is 7.56. The summed E-state index contributed by atoms with van der Waals surface area (Å²) in [5.41, 5.74) is 3.68. The van der Waals surface area contributed by atoms with Gasteiger partial charge in [-0.15, -0.1) is 11.3 Å². The molecule has 108 valence electrons. The molecule has 0 saturated carbocycles. The fourth-order valence-corrected chi connectivity index (χ4v) is 2.31. The predicted octanol–water partition coefficient (Wildman–Crippen LogP) is 3.64. The number of hydrogen-bond acceptors (Lipinski definition) is 5. The molecule has 2 aromatic heterocycles. The number of anilines is 1. The molecule has 1 aromatic carbocycles. The van der Waals surface area contributed by atoms with E-state index in [1.165, 1.54) is 23.5 Å². The summed E-state index contributed by atoms with van der Waals surface area (Å²) in [6.07, 6.45) is -4.78. The Morgan fingerprint density at radius 1 is 1.57 bits per heavy atom. The zero-order valence-corrected chi connectivity index (χ0v) is 11.3. The maximum absolute atomic E-state index is 12.1. The number of carbonyl (C=O) groups is 1. The SMILES string of the molecule is [2H]C([2H])([2H])C([2H])(OC(=O)Nc1ccc2nc(-c3cscn3)[nH]c2c1)C([2H])([2H])[2H]. The molecule has 2 heterocycles. The van der Waals surface area contributed by atoms with Crippen LogP contribution < -0.4 is 5.32 Å². The lowest BCUT2D eigenvalue weighted by atomic mass is 10.3. The molecule has 0 bridgehead atoms. The van der Waals surface area contributed by atoms with Gasteiger partial charge in [0.2, 0.25) is 0 Å². The van der Waals surface area contributed by atoms with Gasteiger partial charge < -0.3 is 9.72 Å². The number of ether oxygens (including phenoxy) is 1. The van der Waals surface area contributed by atoms with Gasteiger partial charge in [-0.3, -0.25) is 5.32 Å². The first-order chi connectivity index (χ1) is 12.9. The molecule has 0 aliphatic rings. The minimum atomic E-state index is -3.40. The van der Waals surface area contributed by atoms with Crippen LogP contribution in [0.25, 0.3) is 22.6 Å². The minimum absolute atomic E-state index is 0.199. The van der Waals surface area contributed by atoms with Crippen LogP contribution in [0, 0.1) is 0 Å². The number of rotatable bonds is 3. The number of imidazole rings is 1. The molecule has 3 aromatic rings. The van der Waals surface area contributed by atoms with Gasteiger partial charge in [0.15, 0.2) is 5.82 Å². The van der Waals surface area contributed by atoms with E-state index < -0.39 is 25.9 Å².